The van der Waals surface area contributed by atoms with E-state index in [0.717, 1.165) is 23.5 Å². The summed E-state index contributed by atoms with van der Waals surface area (Å²) in [7, 11) is 4.06. The molecule has 0 fully saturated rings. The van der Waals surface area contributed by atoms with Crippen molar-refractivity contribution in [2.24, 2.45) is 0 Å². The number of amides is 1. The molecule has 1 aromatic carbocycles. The summed E-state index contributed by atoms with van der Waals surface area (Å²) in [6, 6.07) is 5.54. The molecule has 0 aromatic heterocycles. The SMILES string of the molecule is Cc1ccc(N)cc1NC(=O)C(C)SCCN(C)C. The van der Waals surface area contributed by atoms with Crippen LogP contribution in [0.3, 0.4) is 0 Å². The Labute approximate surface area is 119 Å². The molecule has 3 N–H and O–H groups in total. The highest BCUT2D eigenvalue weighted by molar-refractivity contribution is 8.00. The van der Waals surface area contributed by atoms with E-state index in [4.69, 9.17) is 5.73 Å². The summed E-state index contributed by atoms with van der Waals surface area (Å²) in [5, 5.41) is 2.87. The van der Waals surface area contributed by atoms with Gasteiger partial charge in [0.15, 0.2) is 0 Å². The van der Waals surface area contributed by atoms with Gasteiger partial charge in [0.25, 0.3) is 0 Å². The minimum Gasteiger partial charge on any atom is -0.399 e. The number of benzene rings is 1. The number of nitrogens with one attached hydrogen (secondary N) is 1. The minimum atomic E-state index is -0.0687. The van der Waals surface area contributed by atoms with Gasteiger partial charge in [-0.1, -0.05) is 6.07 Å². The van der Waals surface area contributed by atoms with Gasteiger partial charge >= 0.3 is 0 Å². The van der Waals surface area contributed by atoms with Crippen LogP contribution in [0.25, 0.3) is 0 Å². The molecule has 5 heteroatoms. The Morgan fingerprint density at radius 2 is 2.16 bits per heavy atom. The zero-order valence-electron chi connectivity index (χ0n) is 12.1. The molecule has 1 aromatic rings. The maximum atomic E-state index is 12.1. The maximum absolute atomic E-state index is 12.1. The number of hydrogen-bond acceptors (Lipinski definition) is 4. The van der Waals surface area contributed by atoms with Crippen molar-refractivity contribution in [3.05, 3.63) is 23.8 Å². The van der Waals surface area contributed by atoms with Gasteiger partial charge in [0, 0.05) is 23.7 Å². The zero-order valence-corrected chi connectivity index (χ0v) is 12.9. The van der Waals surface area contributed by atoms with Gasteiger partial charge in [0.2, 0.25) is 5.91 Å². The summed E-state index contributed by atoms with van der Waals surface area (Å²) in [5.74, 6) is 0.967. The number of carbonyl (C=O) groups excluding carboxylic acids is 1. The summed E-state index contributed by atoms with van der Waals surface area (Å²) in [4.78, 5) is 14.2. The number of nitrogen functional groups attached to an aromatic ring is 1. The van der Waals surface area contributed by atoms with Crippen LogP contribution in [0.2, 0.25) is 0 Å². The Kier molecular flexibility index (Phi) is 6.18. The van der Waals surface area contributed by atoms with Gasteiger partial charge in [-0.3, -0.25) is 4.79 Å². The first-order valence-electron chi connectivity index (χ1n) is 6.33. The number of hydrogen-bond donors (Lipinski definition) is 2. The van der Waals surface area contributed by atoms with Crippen molar-refractivity contribution < 1.29 is 4.79 Å². The van der Waals surface area contributed by atoms with Crippen molar-refractivity contribution in [2.45, 2.75) is 19.1 Å². The Balaban J connectivity index is 2.51. The molecular formula is C14H23N3OS. The van der Waals surface area contributed by atoms with Gasteiger partial charge in [-0.05, 0) is 45.6 Å². The standard InChI is InChI=1S/C14H23N3OS/c1-10-5-6-12(15)9-13(10)16-14(18)11(2)19-8-7-17(3)4/h5-6,9,11H,7-8,15H2,1-4H3,(H,16,18). The second kappa shape index (κ2) is 7.40. The molecule has 1 unspecified atom stereocenters. The molecule has 0 heterocycles. The van der Waals surface area contributed by atoms with Gasteiger partial charge in [0.1, 0.15) is 0 Å². The fourth-order valence-electron chi connectivity index (χ4n) is 1.50. The largest absolute Gasteiger partial charge is 0.399 e. The highest BCUT2D eigenvalue weighted by Crippen LogP contribution is 2.20. The third-order valence-corrected chi connectivity index (χ3v) is 3.93. The lowest BCUT2D eigenvalue weighted by Gasteiger charge is -2.15. The van der Waals surface area contributed by atoms with E-state index in [9.17, 15) is 4.79 Å². The molecule has 0 spiro atoms. The van der Waals surface area contributed by atoms with Gasteiger partial charge in [-0.25, -0.2) is 0 Å². The van der Waals surface area contributed by atoms with Crippen LogP contribution in [0, 0.1) is 6.92 Å². The van der Waals surface area contributed by atoms with Crippen LogP contribution in [0.4, 0.5) is 11.4 Å². The molecule has 1 rings (SSSR count). The van der Waals surface area contributed by atoms with Crippen molar-refractivity contribution in [3.63, 3.8) is 0 Å². The highest BCUT2D eigenvalue weighted by Gasteiger charge is 2.14. The summed E-state index contributed by atoms with van der Waals surface area (Å²) in [5.41, 5.74) is 8.21. The van der Waals surface area contributed by atoms with E-state index in [1.807, 2.05) is 40.1 Å². The third-order valence-electron chi connectivity index (χ3n) is 2.80. The number of rotatable bonds is 6. The lowest BCUT2D eigenvalue weighted by Crippen LogP contribution is -2.25. The topological polar surface area (TPSA) is 58.4 Å². The molecule has 0 radical (unpaired) electrons. The van der Waals surface area contributed by atoms with E-state index in [0.29, 0.717) is 5.69 Å². The second-order valence-corrected chi connectivity index (χ2v) is 6.33. The zero-order chi connectivity index (χ0) is 14.4. The van der Waals surface area contributed by atoms with Crippen molar-refractivity contribution in [2.75, 3.05) is 37.4 Å². The molecule has 0 aliphatic rings. The smallest absolute Gasteiger partial charge is 0.237 e. The van der Waals surface area contributed by atoms with Crippen LogP contribution in [-0.2, 0) is 4.79 Å². The minimum absolute atomic E-state index is 0.0254. The van der Waals surface area contributed by atoms with Crippen LogP contribution in [0.1, 0.15) is 12.5 Å². The van der Waals surface area contributed by atoms with Crippen LogP contribution >= 0.6 is 11.8 Å². The molecule has 0 bridgehead atoms. The summed E-state index contributed by atoms with van der Waals surface area (Å²) < 4.78 is 0. The lowest BCUT2D eigenvalue weighted by molar-refractivity contribution is -0.115. The van der Waals surface area contributed by atoms with Crippen LogP contribution in [0.5, 0.6) is 0 Å². The average Bonchev–Trinajstić information content (AvgIpc) is 2.33. The molecule has 106 valence electrons. The maximum Gasteiger partial charge on any atom is 0.237 e. The monoisotopic (exact) mass is 281 g/mol. The molecule has 1 atom stereocenters. The molecule has 0 aliphatic heterocycles. The first-order valence-corrected chi connectivity index (χ1v) is 7.38. The first kappa shape index (κ1) is 15.9. The average molecular weight is 281 g/mol. The third kappa shape index (κ3) is 5.53. The molecule has 1 amide bonds. The fraction of sp³-hybridized carbons (Fsp3) is 0.500. The van der Waals surface area contributed by atoms with Crippen molar-refractivity contribution in [1.29, 1.82) is 0 Å². The van der Waals surface area contributed by atoms with Crippen molar-refractivity contribution in [1.82, 2.24) is 4.90 Å². The molecule has 0 aliphatic carbocycles. The second-order valence-electron chi connectivity index (χ2n) is 4.88. The van der Waals surface area contributed by atoms with E-state index >= 15 is 0 Å². The quantitative estimate of drug-likeness (QED) is 0.785. The van der Waals surface area contributed by atoms with Crippen LogP contribution < -0.4 is 11.1 Å². The molecular weight excluding hydrogens is 258 g/mol. The Morgan fingerprint density at radius 1 is 1.47 bits per heavy atom. The van der Waals surface area contributed by atoms with E-state index in [1.54, 1.807) is 17.8 Å². The molecule has 0 saturated carbocycles. The predicted octanol–water partition coefficient (Wildman–Crippen LogP) is 2.20. The fourth-order valence-corrected chi connectivity index (χ4v) is 2.53. The van der Waals surface area contributed by atoms with E-state index in [1.165, 1.54) is 0 Å². The van der Waals surface area contributed by atoms with Gasteiger partial charge in [-0.15, -0.1) is 11.8 Å². The molecule has 0 saturated heterocycles. The summed E-state index contributed by atoms with van der Waals surface area (Å²) in [6.45, 7) is 4.86. The Hall–Kier alpha value is -1.20. The van der Waals surface area contributed by atoms with Crippen molar-refractivity contribution in [3.8, 4) is 0 Å². The Bertz CT molecular complexity index is 435. The van der Waals surface area contributed by atoms with Crippen LogP contribution in [0.15, 0.2) is 18.2 Å². The number of thioether (sulfide) groups is 1. The number of carbonyl (C=O) groups is 1. The van der Waals surface area contributed by atoms with Gasteiger partial charge in [0.05, 0.1) is 5.25 Å². The van der Waals surface area contributed by atoms with E-state index in [-0.39, 0.29) is 11.2 Å². The number of nitrogens with two attached hydrogens (primary N) is 1. The highest BCUT2D eigenvalue weighted by atomic mass is 32.2. The first-order chi connectivity index (χ1) is 8.90. The summed E-state index contributed by atoms with van der Waals surface area (Å²) in [6.07, 6.45) is 0. The normalized spacial score (nSPS) is 12.5. The number of nitrogens with zero attached hydrogens (tertiary/aromatic N) is 1. The number of aryl methyl sites for hydroxylation is 1. The molecule has 4 nitrogen and oxygen atoms in total. The predicted molar refractivity (Wildman–Crippen MR) is 84.7 cm³/mol. The van der Waals surface area contributed by atoms with Gasteiger partial charge in [-0.2, -0.15) is 0 Å². The van der Waals surface area contributed by atoms with Gasteiger partial charge < -0.3 is 16.0 Å². The van der Waals surface area contributed by atoms with E-state index < -0.39 is 0 Å². The molecule has 19 heavy (non-hydrogen) atoms. The van der Waals surface area contributed by atoms with E-state index in [2.05, 4.69) is 10.2 Å². The summed E-state index contributed by atoms with van der Waals surface area (Å²) >= 11 is 1.66. The van der Waals surface area contributed by atoms with Crippen molar-refractivity contribution >= 4 is 29.0 Å². The lowest BCUT2D eigenvalue weighted by atomic mass is 10.2. The Morgan fingerprint density at radius 3 is 2.79 bits per heavy atom. The number of anilines is 2. The van der Waals surface area contributed by atoms with Crippen LogP contribution in [-0.4, -0.2) is 42.4 Å².